The summed E-state index contributed by atoms with van der Waals surface area (Å²) in [5, 5.41) is 7.18. The second-order valence-electron chi connectivity index (χ2n) is 4.78. The lowest BCUT2D eigenvalue weighted by atomic mass is 10.1. The van der Waals surface area contributed by atoms with E-state index < -0.39 is 0 Å². The van der Waals surface area contributed by atoms with Gasteiger partial charge in [-0.25, -0.2) is 0 Å². The molecule has 1 aromatic heterocycles. The third-order valence-electron chi connectivity index (χ3n) is 3.20. The van der Waals surface area contributed by atoms with Gasteiger partial charge in [-0.2, -0.15) is 4.98 Å². The zero-order valence-corrected chi connectivity index (χ0v) is 12.6. The number of methoxy groups -OCH3 is 2. The van der Waals surface area contributed by atoms with Crippen molar-refractivity contribution in [1.82, 2.24) is 15.5 Å². The van der Waals surface area contributed by atoms with Crippen LogP contribution in [0.15, 0.2) is 28.8 Å². The van der Waals surface area contributed by atoms with Crippen LogP contribution in [0.5, 0.6) is 5.75 Å². The van der Waals surface area contributed by atoms with Gasteiger partial charge in [-0.15, -0.1) is 0 Å². The first kappa shape index (κ1) is 15.5. The lowest BCUT2D eigenvalue weighted by Gasteiger charge is -2.11. The molecule has 0 aliphatic heterocycles. The summed E-state index contributed by atoms with van der Waals surface area (Å²) in [6, 6.07) is 8.01. The van der Waals surface area contributed by atoms with E-state index in [4.69, 9.17) is 14.0 Å². The van der Waals surface area contributed by atoms with Crippen molar-refractivity contribution in [2.75, 3.05) is 27.9 Å². The quantitative estimate of drug-likeness (QED) is 0.794. The SMILES string of the molecule is CNC(COC)Cc1nc(Cc2cccc(OC)c2)no1. The first-order valence-corrected chi connectivity index (χ1v) is 6.85. The molecule has 21 heavy (non-hydrogen) atoms. The number of hydrogen-bond acceptors (Lipinski definition) is 6. The van der Waals surface area contributed by atoms with Crippen LogP contribution in [0.25, 0.3) is 0 Å². The van der Waals surface area contributed by atoms with Gasteiger partial charge in [-0.3, -0.25) is 0 Å². The molecule has 1 N–H and O–H groups in total. The van der Waals surface area contributed by atoms with Crippen LogP contribution in [0.4, 0.5) is 0 Å². The van der Waals surface area contributed by atoms with Crippen molar-refractivity contribution in [3.05, 3.63) is 41.5 Å². The zero-order chi connectivity index (χ0) is 15.1. The Balaban J connectivity index is 1.99. The van der Waals surface area contributed by atoms with Gasteiger partial charge in [-0.1, -0.05) is 17.3 Å². The summed E-state index contributed by atoms with van der Waals surface area (Å²) >= 11 is 0. The van der Waals surface area contributed by atoms with Gasteiger partial charge in [0.2, 0.25) is 5.89 Å². The topological polar surface area (TPSA) is 69.4 Å². The summed E-state index contributed by atoms with van der Waals surface area (Å²) in [5.74, 6) is 2.11. The van der Waals surface area contributed by atoms with E-state index in [2.05, 4.69) is 15.5 Å². The molecule has 0 saturated carbocycles. The predicted octanol–water partition coefficient (Wildman–Crippen LogP) is 1.45. The highest BCUT2D eigenvalue weighted by Crippen LogP contribution is 2.15. The van der Waals surface area contributed by atoms with Crippen LogP contribution in [0.2, 0.25) is 0 Å². The molecule has 0 fully saturated rings. The standard InChI is InChI=1S/C15H21N3O3/c1-16-12(10-19-2)9-15-17-14(18-21-15)8-11-5-4-6-13(7-11)20-3/h4-7,12,16H,8-10H2,1-3H3. The molecule has 2 rings (SSSR count). The van der Waals surface area contributed by atoms with Gasteiger partial charge in [0.25, 0.3) is 0 Å². The normalized spacial score (nSPS) is 12.3. The van der Waals surface area contributed by atoms with Gasteiger partial charge in [0.15, 0.2) is 5.82 Å². The molecule has 0 amide bonds. The van der Waals surface area contributed by atoms with Crippen molar-refractivity contribution < 1.29 is 14.0 Å². The first-order valence-electron chi connectivity index (χ1n) is 6.85. The molecule has 1 aromatic carbocycles. The van der Waals surface area contributed by atoms with Gasteiger partial charge >= 0.3 is 0 Å². The number of nitrogens with one attached hydrogen (secondary N) is 1. The largest absolute Gasteiger partial charge is 0.497 e. The Labute approximate surface area is 124 Å². The Hall–Kier alpha value is -1.92. The van der Waals surface area contributed by atoms with E-state index in [1.807, 2.05) is 31.3 Å². The summed E-state index contributed by atoms with van der Waals surface area (Å²) in [6.07, 6.45) is 1.27. The van der Waals surface area contributed by atoms with E-state index >= 15 is 0 Å². The zero-order valence-electron chi connectivity index (χ0n) is 12.6. The average Bonchev–Trinajstić information content (AvgIpc) is 2.94. The Kier molecular flexibility index (Phi) is 5.71. The monoisotopic (exact) mass is 291 g/mol. The number of hydrogen-bond donors (Lipinski definition) is 1. The van der Waals surface area contributed by atoms with E-state index in [-0.39, 0.29) is 6.04 Å². The highest BCUT2D eigenvalue weighted by atomic mass is 16.5. The van der Waals surface area contributed by atoms with Crippen molar-refractivity contribution >= 4 is 0 Å². The highest BCUT2D eigenvalue weighted by Gasteiger charge is 2.13. The molecule has 6 nitrogen and oxygen atoms in total. The molecule has 0 aliphatic carbocycles. The maximum Gasteiger partial charge on any atom is 0.228 e. The molecule has 0 saturated heterocycles. The number of benzene rings is 1. The van der Waals surface area contributed by atoms with Crippen LogP contribution in [-0.2, 0) is 17.6 Å². The second-order valence-corrected chi connectivity index (χ2v) is 4.78. The number of nitrogens with zero attached hydrogens (tertiary/aromatic N) is 2. The van der Waals surface area contributed by atoms with Crippen molar-refractivity contribution in [2.24, 2.45) is 0 Å². The third kappa shape index (κ3) is 4.54. The fourth-order valence-electron chi connectivity index (χ4n) is 2.07. The first-order chi connectivity index (χ1) is 10.2. The van der Waals surface area contributed by atoms with Crippen LogP contribution < -0.4 is 10.1 Å². The van der Waals surface area contributed by atoms with Gasteiger partial charge < -0.3 is 19.3 Å². The van der Waals surface area contributed by atoms with Gasteiger partial charge in [-0.05, 0) is 24.7 Å². The summed E-state index contributed by atoms with van der Waals surface area (Å²) in [4.78, 5) is 4.42. The molecular weight excluding hydrogens is 270 g/mol. The summed E-state index contributed by atoms with van der Waals surface area (Å²) in [7, 11) is 5.21. The molecule has 0 spiro atoms. The molecule has 0 bridgehead atoms. The summed E-state index contributed by atoms with van der Waals surface area (Å²) in [6.45, 7) is 0.601. The van der Waals surface area contributed by atoms with Crippen molar-refractivity contribution in [1.29, 1.82) is 0 Å². The van der Waals surface area contributed by atoms with Gasteiger partial charge in [0, 0.05) is 26.0 Å². The van der Waals surface area contributed by atoms with Crippen LogP contribution >= 0.6 is 0 Å². The van der Waals surface area contributed by atoms with Gasteiger partial charge in [0.05, 0.1) is 13.7 Å². The minimum Gasteiger partial charge on any atom is -0.497 e. The smallest absolute Gasteiger partial charge is 0.228 e. The minimum atomic E-state index is 0.167. The van der Waals surface area contributed by atoms with Crippen molar-refractivity contribution in [2.45, 2.75) is 18.9 Å². The Morgan fingerprint density at radius 1 is 1.33 bits per heavy atom. The summed E-state index contributed by atoms with van der Waals surface area (Å²) < 4.78 is 15.6. The Bertz CT molecular complexity index is 557. The number of ether oxygens (including phenoxy) is 2. The van der Waals surface area contributed by atoms with E-state index in [1.165, 1.54) is 0 Å². The Morgan fingerprint density at radius 2 is 2.19 bits per heavy atom. The van der Waals surface area contributed by atoms with Crippen LogP contribution in [0.1, 0.15) is 17.3 Å². The summed E-state index contributed by atoms with van der Waals surface area (Å²) in [5.41, 5.74) is 1.09. The number of rotatable bonds is 8. The molecule has 0 radical (unpaired) electrons. The molecule has 0 aliphatic rings. The minimum absolute atomic E-state index is 0.167. The van der Waals surface area contributed by atoms with Crippen LogP contribution in [0.3, 0.4) is 0 Å². The Morgan fingerprint density at radius 3 is 2.90 bits per heavy atom. The van der Waals surface area contributed by atoms with Crippen molar-refractivity contribution in [3.63, 3.8) is 0 Å². The third-order valence-corrected chi connectivity index (χ3v) is 3.20. The molecule has 1 heterocycles. The van der Waals surface area contributed by atoms with E-state index in [0.717, 1.165) is 11.3 Å². The molecule has 2 aromatic rings. The highest BCUT2D eigenvalue weighted by molar-refractivity contribution is 5.30. The van der Waals surface area contributed by atoms with Gasteiger partial charge in [0.1, 0.15) is 5.75 Å². The molecule has 6 heteroatoms. The lowest BCUT2D eigenvalue weighted by molar-refractivity contribution is 0.165. The fourth-order valence-corrected chi connectivity index (χ4v) is 2.07. The number of aromatic nitrogens is 2. The lowest BCUT2D eigenvalue weighted by Crippen LogP contribution is -2.32. The molecular formula is C15H21N3O3. The van der Waals surface area contributed by atoms with E-state index in [9.17, 15) is 0 Å². The van der Waals surface area contributed by atoms with Crippen LogP contribution in [-0.4, -0.2) is 44.1 Å². The van der Waals surface area contributed by atoms with Crippen LogP contribution in [0, 0.1) is 0 Å². The maximum atomic E-state index is 5.28. The number of likely N-dealkylation sites (N-methyl/N-ethyl adjacent to an activating group) is 1. The fraction of sp³-hybridized carbons (Fsp3) is 0.467. The second kappa shape index (κ2) is 7.75. The molecule has 1 atom stereocenters. The van der Waals surface area contributed by atoms with E-state index in [0.29, 0.717) is 31.2 Å². The average molecular weight is 291 g/mol. The molecule has 114 valence electrons. The predicted molar refractivity (Wildman–Crippen MR) is 78.5 cm³/mol. The van der Waals surface area contributed by atoms with E-state index in [1.54, 1.807) is 14.2 Å². The maximum absolute atomic E-state index is 5.28. The van der Waals surface area contributed by atoms with Crippen molar-refractivity contribution in [3.8, 4) is 5.75 Å². The molecule has 1 unspecified atom stereocenters.